The van der Waals surface area contributed by atoms with Crippen LogP contribution in [-0.2, 0) is 0 Å². The summed E-state index contributed by atoms with van der Waals surface area (Å²) < 4.78 is 0. The maximum absolute atomic E-state index is 4.21. The molecule has 0 spiro atoms. The van der Waals surface area contributed by atoms with Gasteiger partial charge in [0, 0.05) is 44.8 Å². The Morgan fingerprint density at radius 3 is 2.50 bits per heavy atom. The van der Waals surface area contributed by atoms with Gasteiger partial charge in [0.15, 0.2) is 0 Å². The molecule has 2 bridgehead atoms. The van der Waals surface area contributed by atoms with Gasteiger partial charge in [-0.05, 0) is 25.8 Å². The van der Waals surface area contributed by atoms with Crippen LogP contribution in [-0.4, -0.2) is 61.2 Å². The van der Waals surface area contributed by atoms with Crippen molar-refractivity contribution in [2.24, 2.45) is 0 Å². The van der Waals surface area contributed by atoms with Gasteiger partial charge in [-0.3, -0.25) is 9.80 Å². The van der Waals surface area contributed by atoms with Gasteiger partial charge in [0.1, 0.15) is 0 Å². The van der Waals surface area contributed by atoms with Gasteiger partial charge in [-0.1, -0.05) is 26.0 Å². The lowest BCUT2D eigenvalue weighted by Crippen LogP contribution is -2.66. The van der Waals surface area contributed by atoms with Gasteiger partial charge in [0.2, 0.25) is 0 Å². The maximum Gasteiger partial charge on any atom is 0.0380 e. The third-order valence-corrected chi connectivity index (χ3v) is 4.45. The van der Waals surface area contributed by atoms with Crippen molar-refractivity contribution in [3.05, 3.63) is 12.2 Å². The maximum atomic E-state index is 4.21. The Hall–Kier alpha value is -0.380. The second-order valence-electron chi connectivity index (χ2n) is 5.77. The normalized spacial score (nSPS) is 32.4. The van der Waals surface area contributed by atoms with Crippen molar-refractivity contribution in [2.75, 3.05) is 39.3 Å². The van der Waals surface area contributed by atoms with E-state index in [1.807, 2.05) is 0 Å². The number of hydrogen-bond acceptors (Lipinski definition) is 3. The van der Waals surface area contributed by atoms with Crippen LogP contribution < -0.4 is 5.32 Å². The molecule has 0 aromatic carbocycles. The number of fused-ring (bicyclic) bond motifs is 3. The first-order valence-corrected chi connectivity index (χ1v) is 7.61. The number of hydrogen-bond donors (Lipinski definition) is 1. The van der Waals surface area contributed by atoms with Crippen LogP contribution in [0.4, 0.5) is 0 Å². The van der Waals surface area contributed by atoms with Crippen LogP contribution in [0.3, 0.4) is 0 Å². The van der Waals surface area contributed by atoms with E-state index >= 15 is 0 Å². The van der Waals surface area contributed by atoms with Crippen LogP contribution in [0, 0.1) is 0 Å². The van der Waals surface area contributed by atoms with E-state index in [4.69, 9.17) is 0 Å². The predicted molar refractivity (Wildman–Crippen MR) is 77.9 cm³/mol. The molecule has 3 aliphatic heterocycles. The minimum atomic E-state index is 0.598. The first-order chi connectivity index (χ1) is 8.74. The Labute approximate surface area is 112 Å². The van der Waals surface area contributed by atoms with E-state index in [-0.39, 0.29) is 0 Å². The summed E-state index contributed by atoms with van der Waals surface area (Å²) in [4.78, 5) is 5.32. The van der Waals surface area contributed by atoms with E-state index in [0.717, 1.165) is 19.4 Å². The molecule has 3 aliphatic rings. The van der Waals surface area contributed by atoms with Crippen molar-refractivity contribution in [3.8, 4) is 0 Å². The zero-order valence-electron chi connectivity index (χ0n) is 12.1. The van der Waals surface area contributed by atoms with Crippen molar-refractivity contribution >= 4 is 0 Å². The van der Waals surface area contributed by atoms with Crippen LogP contribution in [0.2, 0.25) is 0 Å². The largest absolute Gasteiger partial charge is 0.312 e. The molecule has 3 fully saturated rings. The molecule has 2 unspecified atom stereocenters. The summed E-state index contributed by atoms with van der Waals surface area (Å²) in [6.07, 6.45) is 3.47. The Morgan fingerprint density at radius 1 is 1.28 bits per heavy atom. The average molecular weight is 251 g/mol. The van der Waals surface area contributed by atoms with Crippen LogP contribution in [0.5, 0.6) is 0 Å². The highest BCUT2D eigenvalue weighted by Gasteiger charge is 2.36. The van der Waals surface area contributed by atoms with E-state index in [0.29, 0.717) is 12.1 Å². The van der Waals surface area contributed by atoms with Crippen molar-refractivity contribution in [3.63, 3.8) is 0 Å². The number of piperazine rings is 3. The van der Waals surface area contributed by atoms with Gasteiger partial charge >= 0.3 is 0 Å². The molecule has 104 valence electrons. The van der Waals surface area contributed by atoms with Crippen LogP contribution in [0.1, 0.15) is 33.1 Å². The lowest BCUT2D eigenvalue weighted by molar-refractivity contribution is -0.00315. The Kier molecular flexibility index (Phi) is 5.22. The predicted octanol–water partition coefficient (Wildman–Crippen LogP) is 1.71. The summed E-state index contributed by atoms with van der Waals surface area (Å²) in [6.45, 7) is 16.1. The molecular weight excluding hydrogens is 222 g/mol. The van der Waals surface area contributed by atoms with Gasteiger partial charge in [-0.15, -0.1) is 0 Å². The molecule has 0 saturated carbocycles. The van der Waals surface area contributed by atoms with Crippen molar-refractivity contribution in [1.82, 2.24) is 15.1 Å². The summed E-state index contributed by atoms with van der Waals surface area (Å²) in [6, 6.07) is 1.29. The van der Waals surface area contributed by atoms with Gasteiger partial charge in [0.05, 0.1) is 0 Å². The van der Waals surface area contributed by atoms with Crippen LogP contribution in [0.15, 0.2) is 12.2 Å². The number of rotatable bonds is 7. The smallest absolute Gasteiger partial charge is 0.0380 e. The molecule has 0 radical (unpaired) electrons. The van der Waals surface area contributed by atoms with Gasteiger partial charge < -0.3 is 5.32 Å². The fourth-order valence-electron chi connectivity index (χ4n) is 3.17. The molecule has 0 amide bonds. The lowest BCUT2D eigenvalue weighted by atomic mass is 9.94. The average Bonchev–Trinajstić information content (AvgIpc) is 2.44. The van der Waals surface area contributed by atoms with Gasteiger partial charge in [-0.2, -0.15) is 0 Å². The standard InChI is InChI=1S/C15H29N3/c1-4-6-16-14(11-13(3)5-2)15-12-17-7-9-18(15)10-8-17/h14-16H,3-12H2,1-2H3. The molecule has 0 aromatic heterocycles. The van der Waals surface area contributed by atoms with E-state index < -0.39 is 0 Å². The second-order valence-corrected chi connectivity index (χ2v) is 5.77. The number of nitrogens with zero attached hydrogens (tertiary/aromatic N) is 2. The SMILES string of the molecule is C=C(CC)CC(NCCC)C1CN2CCN1CC2. The molecule has 18 heavy (non-hydrogen) atoms. The third kappa shape index (κ3) is 3.34. The van der Waals surface area contributed by atoms with Crippen LogP contribution in [0.25, 0.3) is 0 Å². The van der Waals surface area contributed by atoms with E-state index in [1.54, 1.807) is 0 Å². The zero-order valence-corrected chi connectivity index (χ0v) is 12.1. The third-order valence-electron chi connectivity index (χ3n) is 4.45. The summed E-state index contributed by atoms with van der Waals surface area (Å²) in [7, 11) is 0. The van der Waals surface area contributed by atoms with Gasteiger partial charge in [-0.25, -0.2) is 0 Å². The van der Waals surface area contributed by atoms with Gasteiger partial charge in [0.25, 0.3) is 0 Å². The summed E-state index contributed by atoms with van der Waals surface area (Å²) in [5, 5.41) is 3.76. The molecule has 1 N–H and O–H groups in total. The summed E-state index contributed by atoms with van der Waals surface area (Å²) >= 11 is 0. The molecule has 0 aliphatic carbocycles. The fraction of sp³-hybridized carbons (Fsp3) is 0.867. The monoisotopic (exact) mass is 251 g/mol. The second kappa shape index (κ2) is 6.69. The highest BCUT2D eigenvalue weighted by atomic mass is 15.4. The Bertz CT molecular complexity index is 269. The molecule has 0 aromatic rings. The molecular formula is C15H29N3. The topological polar surface area (TPSA) is 18.5 Å². The van der Waals surface area contributed by atoms with Crippen LogP contribution >= 0.6 is 0 Å². The van der Waals surface area contributed by atoms with E-state index in [1.165, 1.54) is 44.7 Å². The minimum absolute atomic E-state index is 0.598. The van der Waals surface area contributed by atoms with Crippen molar-refractivity contribution in [2.45, 2.75) is 45.2 Å². The molecule has 3 heteroatoms. The first kappa shape index (κ1) is 14.0. The molecule has 3 rings (SSSR count). The van der Waals surface area contributed by atoms with Crippen molar-refractivity contribution < 1.29 is 0 Å². The Morgan fingerprint density at radius 2 is 2.00 bits per heavy atom. The zero-order chi connectivity index (χ0) is 13.0. The first-order valence-electron chi connectivity index (χ1n) is 7.61. The summed E-state index contributed by atoms with van der Waals surface area (Å²) in [5.41, 5.74) is 1.39. The summed E-state index contributed by atoms with van der Waals surface area (Å²) in [5.74, 6) is 0. The fourth-order valence-corrected chi connectivity index (χ4v) is 3.17. The highest BCUT2D eigenvalue weighted by molar-refractivity contribution is 5.03. The molecule has 2 atom stereocenters. The molecule has 3 saturated heterocycles. The molecule has 3 nitrogen and oxygen atoms in total. The minimum Gasteiger partial charge on any atom is -0.312 e. The Balaban J connectivity index is 1.96. The number of nitrogens with one attached hydrogen (secondary N) is 1. The van der Waals surface area contributed by atoms with E-state index in [9.17, 15) is 0 Å². The highest BCUT2D eigenvalue weighted by Crippen LogP contribution is 2.22. The lowest BCUT2D eigenvalue weighted by Gasteiger charge is -2.50. The molecule has 3 heterocycles. The van der Waals surface area contributed by atoms with E-state index in [2.05, 4.69) is 35.5 Å². The quantitative estimate of drug-likeness (QED) is 0.695. The van der Waals surface area contributed by atoms with Crippen molar-refractivity contribution in [1.29, 1.82) is 0 Å².